The van der Waals surface area contributed by atoms with Gasteiger partial charge in [-0.1, -0.05) is 0 Å². The standard InChI is InChI=1S/C19H19FN6.ClH/c20-14-4-6-18-17(8-14)24-19(25-7-1-2-15(22)11-25)26(18)12-16-5-3-13(9-21)10-23-16;/h3-6,8,10,15H,1-2,7,11-12,22H2;1H. The van der Waals surface area contributed by atoms with Crippen LogP contribution >= 0.6 is 12.4 Å². The fourth-order valence-electron chi connectivity index (χ4n) is 3.43. The van der Waals surface area contributed by atoms with Gasteiger partial charge in [-0.2, -0.15) is 5.26 Å². The van der Waals surface area contributed by atoms with Gasteiger partial charge >= 0.3 is 0 Å². The van der Waals surface area contributed by atoms with Gasteiger partial charge in [0.15, 0.2) is 0 Å². The Morgan fingerprint density at radius 2 is 2.15 bits per heavy atom. The fraction of sp³-hybridized carbons (Fsp3) is 0.316. The van der Waals surface area contributed by atoms with Crippen molar-refractivity contribution in [3.63, 3.8) is 0 Å². The van der Waals surface area contributed by atoms with Gasteiger partial charge in [-0.3, -0.25) is 4.98 Å². The molecular weight excluding hydrogens is 367 g/mol. The van der Waals surface area contributed by atoms with Crippen molar-refractivity contribution in [3.8, 4) is 6.07 Å². The predicted octanol–water partition coefficient (Wildman–Crippen LogP) is 2.84. The minimum absolute atomic E-state index is 0. The molecule has 3 aromatic rings. The van der Waals surface area contributed by atoms with Crippen molar-refractivity contribution >= 4 is 29.4 Å². The largest absolute Gasteiger partial charge is 0.341 e. The first-order valence-electron chi connectivity index (χ1n) is 8.65. The number of hydrogen-bond donors (Lipinski definition) is 1. The lowest BCUT2D eigenvalue weighted by atomic mass is 10.1. The molecule has 0 bridgehead atoms. The second-order valence-electron chi connectivity index (χ2n) is 6.63. The zero-order valence-corrected chi connectivity index (χ0v) is 15.5. The lowest BCUT2D eigenvalue weighted by Gasteiger charge is -2.32. The number of aromatic nitrogens is 3. The highest BCUT2D eigenvalue weighted by Gasteiger charge is 2.23. The van der Waals surface area contributed by atoms with Gasteiger partial charge in [0.1, 0.15) is 11.9 Å². The van der Waals surface area contributed by atoms with Gasteiger partial charge in [-0.05, 0) is 37.1 Å². The Kier molecular flexibility index (Phi) is 5.59. The van der Waals surface area contributed by atoms with Gasteiger partial charge in [0.2, 0.25) is 5.95 Å². The number of nitrogens with zero attached hydrogens (tertiary/aromatic N) is 5. The number of nitriles is 1. The summed E-state index contributed by atoms with van der Waals surface area (Å²) in [5.41, 5.74) is 8.94. The van der Waals surface area contributed by atoms with Gasteiger partial charge < -0.3 is 15.2 Å². The van der Waals surface area contributed by atoms with Crippen LogP contribution < -0.4 is 10.6 Å². The average molecular weight is 387 g/mol. The summed E-state index contributed by atoms with van der Waals surface area (Å²) in [6.45, 7) is 2.10. The normalized spacial score (nSPS) is 16.8. The molecule has 1 atom stereocenters. The van der Waals surface area contributed by atoms with E-state index < -0.39 is 0 Å². The minimum atomic E-state index is -0.305. The molecule has 0 amide bonds. The SMILES string of the molecule is Cl.N#Cc1ccc(Cn2c(N3CCCC(N)C3)nc3cc(F)ccc32)nc1. The predicted molar refractivity (Wildman–Crippen MR) is 104 cm³/mol. The number of anilines is 1. The molecule has 1 fully saturated rings. The molecule has 2 aromatic heterocycles. The number of hydrogen-bond acceptors (Lipinski definition) is 5. The van der Waals surface area contributed by atoms with Crippen molar-refractivity contribution in [2.75, 3.05) is 18.0 Å². The summed E-state index contributed by atoms with van der Waals surface area (Å²) in [5, 5.41) is 8.93. The Hall–Kier alpha value is -2.69. The summed E-state index contributed by atoms with van der Waals surface area (Å²) in [7, 11) is 0. The molecule has 4 rings (SSSR count). The van der Waals surface area contributed by atoms with E-state index in [0.29, 0.717) is 17.6 Å². The Morgan fingerprint density at radius 1 is 1.30 bits per heavy atom. The van der Waals surface area contributed by atoms with Crippen molar-refractivity contribution < 1.29 is 4.39 Å². The van der Waals surface area contributed by atoms with E-state index in [1.807, 2.05) is 10.6 Å². The van der Waals surface area contributed by atoms with Crippen LogP contribution in [0.5, 0.6) is 0 Å². The summed E-state index contributed by atoms with van der Waals surface area (Å²) < 4.78 is 15.7. The first-order valence-corrected chi connectivity index (χ1v) is 8.65. The van der Waals surface area contributed by atoms with Crippen LogP contribution in [0, 0.1) is 17.1 Å². The smallest absolute Gasteiger partial charge is 0.206 e. The van der Waals surface area contributed by atoms with E-state index >= 15 is 0 Å². The van der Waals surface area contributed by atoms with Crippen molar-refractivity contribution in [2.45, 2.75) is 25.4 Å². The maximum absolute atomic E-state index is 13.7. The quantitative estimate of drug-likeness (QED) is 0.748. The summed E-state index contributed by atoms with van der Waals surface area (Å²) in [5.74, 6) is 0.479. The maximum Gasteiger partial charge on any atom is 0.206 e. The molecule has 27 heavy (non-hydrogen) atoms. The van der Waals surface area contributed by atoms with E-state index in [-0.39, 0.29) is 24.3 Å². The molecule has 1 aromatic carbocycles. The van der Waals surface area contributed by atoms with E-state index in [9.17, 15) is 4.39 Å². The first kappa shape index (κ1) is 19.1. The van der Waals surface area contributed by atoms with Crippen molar-refractivity contribution in [3.05, 3.63) is 53.6 Å². The van der Waals surface area contributed by atoms with E-state index in [1.165, 1.54) is 12.1 Å². The van der Waals surface area contributed by atoms with Crippen molar-refractivity contribution in [1.82, 2.24) is 14.5 Å². The summed E-state index contributed by atoms with van der Waals surface area (Å²) >= 11 is 0. The molecular formula is C19H20ClFN6. The Bertz CT molecular complexity index is 978. The van der Waals surface area contributed by atoms with E-state index in [0.717, 1.165) is 43.1 Å². The second-order valence-corrected chi connectivity index (χ2v) is 6.63. The number of halogens is 2. The molecule has 140 valence electrons. The molecule has 1 unspecified atom stereocenters. The summed E-state index contributed by atoms with van der Waals surface area (Å²) in [6.07, 6.45) is 3.57. The molecule has 8 heteroatoms. The van der Waals surface area contributed by atoms with Gasteiger partial charge in [-0.25, -0.2) is 9.37 Å². The third kappa shape index (κ3) is 3.87. The topological polar surface area (TPSA) is 83.8 Å². The number of piperidine rings is 1. The van der Waals surface area contributed by atoms with Crippen LogP contribution in [-0.4, -0.2) is 33.7 Å². The van der Waals surface area contributed by atoms with Gasteiger partial charge in [0, 0.05) is 31.4 Å². The maximum atomic E-state index is 13.7. The van der Waals surface area contributed by atoms with Crippen LogP contribution in [0.4, 0.5) is 10.3 Å². The molecule has 0 saturated carbocycles. The van der Waals surface area contributed by atoms with E-state index in [2.05, 4.69) is 20.9 Å². The third-order valence-corrected chi connectivity index (χ3v) is 4.70. The second kappa shape index (κ2) is 7.91. The van der Waals surface area contributed by atoms with Crippen LogP contribution in [-0.2, 0) is 6.54 Å². The zero-order chi connectivity index (χ0) is 18.1. The zero-order valence-electron chi connectivity index (χ0n) is 14.7. The molecule has 1 saturated heterocycles. The highest BCUT2D eigenvalue weighted by molar-refractivity contribution is 5.85. The first-order chi connectivity index (χ1) is 12.6. The summed E-state index contributed by atoms with van der Waals surface area (Å²) in [4.78, 5) is 11.2. The van der Waals surface area contributed by atoms with Gasteiger partial charge in [0.25, 0.3) is 0 Å². The molecule has 3 heterocycles. The number of benzene rings is 1. The summed E-state index contributed by atoms with van der Waals surface area (Å²) in [6, 6.07) is 10.4. The van der Waals surface area contributed by atoms with Crippen LogP contribution in [0.25, 0.3) is 11.0 Å². The highest BCUT2D eigenvalue weighted by Crippen LogP contribution is 2.26. The highest BCUT2D eigenvalue weighted by atomic mass is 35.5. The lowest BCUT2D eigenvalue weighted by Crippen LogP contribution is -2.44. The third-order valence-electron chi connectivity index (χ3n) is 4.70. The van der Waals surface area contributed by atoms with Crippen LogP contribution in [0.1, 0.15) is 24.1 Å². The lowest BCUT2D eigenvalue weighted by molar-refractivity contribution is 0.495. The number of rotatable bonds is 3. The van der Waals surface area contributed by atoms with Crippen molar-refractivity contribution in [2.24, 2.45) is 5.73 Å². The van der Waals surface area contributed by atoms with E-state index in [1.54, 1.807) is 18.3 Å². The molecule has 0 aliphatic carbocycles. The Morgan fingerprint density at radius 3 is 2.85 bits per heavy atom. The molecule has 0 spiro atoms. The minimum Gasteiger partial charge on any atom is -0.341 e. The Labute approximate surface area is 162 Å². The number of nitrogens with two attached hydrogens (primary N) is 1. The van der Waals surface area contributed by atoms with Gasteiger partial charge in [-0.15, -0.1) is 12.4 Å². The fourth-order valence-corrected chi connectivity index (χ4v) is 3.43. The van der Waals surface area contributed by atoms with E-state index in [4.69, 9.17) is 11.0 Å². The number of fused-ring (bicyclic) bond motifs is 1. The molecule has 2 N–H and O–H groups in total. The Balaban J connectivity index is 0.00000210. The average Bonchev–Trinajstić information content (AvgIpc) is 3.00. The molecule has 1 aliphatic heterocycles. The van der Waals surface area contributed by atoms with Crippen LogP contribution in [0.3, 0.4) is 0 Å². The number of pyridine rings is 1. The van der Waals surface area contributed by atoms with Crippen LogP contribution in [0.2, 0.25) is 0 Å². The molecule has 0 radical (unpaired) electrons. The molecule has 6 nitrogen and oxygen atoms in total. The number of imidazole rings is 1. The molecule has 1 aliphatic rings. The monoisotopic (exact) mass is 386 g/mol. The van der Waals surface area contributed by atoms with Crippen LogP contribution in [0.15, 0.2) is 36.5 Å². The van der Waals surface area contributed by atoms with Gasteiger partial charge in [0.05, 0.1) is 28.8 Å². The van der Waals surface area contributed by atoms with Crippen molar-refractivity contribution in [1.29, 1.82) is 5.26 Å².